The molecule has 0 aliphatic heterocycles. The second-order valence-corrected chi connectivity index (χ2v) is 5.55. The normalized spacial score (nSPS) is 16.5. The Kier molecular flexibility index (Phi) is 3.72. The molecular weight excluding hydrogens is 321 g/mol. The molecule has 1 nitrogen and oxygen atoms in total. The van der Waals surface area contributed by atoms with Crippen LogP contribution in [0.25, 0.3) is 0 Å². The Morgan fingerprint density at radius 2 is 1.76 bits per heavy atom. The molecule has 0 aromatic heterocycles. The zero-order chi connectivity index (χ0) is 12.4. The first-order chi connectivity index (χ1) is 8.08. The van der Waals surface area contributed by atoms with Crippen LogP contribution in [-0.2, 0) is 0 Å². The van der Waals surface area contributed by atoms with Crippen LogP contribution in [0.15, 0.2) is 45.7 Å². The van der Waals surface area contributed by atoms with Crippen LogP contribution >= 0.6 is 22.6 Å². The lowest BCUT2D eigenvalue weighted by Gasteiger charge is -2.11. The van der Waals surface area contributed by atoms with Crippen molar-refractivity contribution < 1.29 is 0 Å². The van der Waals surface area contributed by atoms with Gasteiger partial charge in [-0.2, -0.15) is 0 Å². The summed E-state index contributed by atoms with van der Waals surface area (Å²) in [6, 6.07) is 4.41. The number of allylic oxidation sites excluding steroid dienone is 5. The van der Waals surface area contributed by atoms with Gasteiger partial charge < -0.3 is 5.32 Å². The number of hydrogen-bond acceptors (Lipinski definition) is 1. The predicted octanol–water partition coefficient (Wildman–Crippen LogP) is 4.80. The van der Waals surface area contributed by atoms with Crippen LogP contribution in [0, 0.1) is 20.8 Å². The third kappa shape index (κ3) is 2.80. The van der Waals surface area contributed by atoms with Crippen LogP contribution in [0.4, 0.5) is 5.69 Å². The molecule has 1 aliphatic rings. The molecule has 1 N–H and O–H groups in total. The molecule has 0 radical (unpaired) electrons. The summed E-state index contributed by atoms with van der Waals surface area (Å²) in [6.45, 7) is 6.42. The molecule has 1 aromatic carbocycles. The molecule has 0 bridgehead atoms. The van der Waals surface area contributed by atoms with Crippen molar-refractivity contribution in [2.45, 2.75) is 20.8 Å². The average Bonchev–Trinajstić information content (AvgIpc) is 2.62. The summed E-state index contributed by atoms with van der Waals surface area (Å²) in [7, 11) is 0. The lowest BCUT2D eigenvalue weighted by atomic mass is 10.1. The highest BCUT2D eigenvalue weighted by Crippen LogP contribution is 2.26. The molecule has 88 valence electrons. The van der Waals surface area contributed by atoms with Gasteiger partial charge in [0.1, 0.15) is 0 Å². The van der Waals surface area contributed by atoms with Gasteiger partial charge in [-0.15, -0.1) is 0 Å². The highest BCUT2D eigenvalue weighted by Gasteiger charge is 2.04. The van der Waals surface area contributed by atoms with Gasteiger partial charge in [0.15, 0.2) is 0 Å². The quantitative estimate of drug-likeness (QED) is 0.765. The summed E-state index contributed by atoms with van der Waals surface area (Å²) >= 11 is 2.35. The standard InChI is InChI=1S/C15H16IN/c1-10-7-11(2)15(12(3)8-10)17-9-13-5-4-6-14(13)16/h4-9,17H,1-3H3/b13-9-. The maximum Gasteiger partial charge on any atom is 0.0439 e. The first-order valence-electron chi connectivity index (χ1n) is 5.67. The third-order valence-electron chi connectivity index (χ3n) is 2.84. The summed E-state index contributed by atoms with van der Waals surface area (Å²) in [6.07, 6.45) is 8.38. The summed E-state index contributed by atoms with van der Waals surface area (Å²) < 4.78 is 1.28. The van der Waals surface area contributed by atoms with E-state index in [9.17, 15) is 0 Å². The third-order valence-corrected chi connectivity index (χ3v) is 3.83. The van der Waals surface area contributed by atoms with Crippen LogP contribution < -0.4 is 5.32 Å². The molecule has 2 heteroatoms. The maximum absolute atomic E-state index is 3.42. The fraction of sp³-hybridized carbons (Fsp3) is 0.200. The van der Waals surface area contributed by atoms with Crippen molar-refractivity contribution in [1.29, 1.82) is 0 Å². The van der Waals surface area contributed by atoms with Gasteiger partial charge in [0.2, 0.25) is 0 Å². The van der Waals surface area contributed by atoms with Crippen molar-refractivity contribution in [1.82, 2.24) is 0 Å². The Morgan fingerprint density at radius 3 is 2.29 bits per heavy atom. The van der Waals surface area contributed by atoms with E-state index < -0.39 is 0 Å². The first-order valence-corrected chi connectivity index (χ1v) is 6.74. The minimum Gasteiger partial charge on any atom is -0.361 e. The maximum atomic E-state index is 3.42. The van der Waals surface area contributed by atoms with Gasteiger partial charge in [-0.3, -0.25) is 0 Å². The minimum atomic E-state index is 1.22. The molecule has 0 fully saturated rings. The number of halogens is 1. The largest absolute Gasteiger partial charge is 0.361 e. The Morgan fingerprint density at radius 1 is 1.12 bits per heavy atom. The van der Waals surface area contributed by atoms with E-state index >= 15 is 0 Å². The number of hydrogen-bond donors (Lipinski definition) is 1. The summed E-state index contributed by atoms with van der Waals surface area (Å²) in [5.74, 6) is 0. The highest BCUT2D eigenvalue weighted by molar-refractivity contribution is 14.1. The molecular formula is C15H16IN. The van der Waals surface area contributed by atoms with E-state index in [4.69, 9.17) is 0 Å². The van der Waals surface area contributed by atoms with Crippen molar-refractivity contribution >= 4 is 28.3 Å². The lowest BCUT2D eigenvalue weighted by Crippen LogP contribution is -1.96. The van der Waals surface area contributed by atoms with E-state index in [0.717, 1.165) is 0 Å². The van der Waals surface area contributed by atoms with E-state index in [1.807, 2.05) is 0 Å². The molecule has 0 saturated carbocycles. The number of aryl methyl sites for hydroxylation is 3. The van der Waals surface area contributed by atoms with Gasteiger partial charge in [0.25, 0.3) is 0 Å². The Bertz CT molecular complexity index is 513. The first kappa shape index (κ1) is 12.4. The molecule has 2 rings (SSSR count). The molecule has 1 aliphatic carbocycles. The predicted molar refractivity (Wildman–Crippen MR) is 83.6 cm³/mol. The molecule has 1 aromatic rings. The SMILES string of the molecule is Cc1cc(C)c(N/C=C2/C=CC=C2I)c(C)c1. The number of rotatable bonds is 2. The van der Waals surface area contributed by atoms with Crippen LogP contribution in [0.2, 0.25) is 0 Å². The minimum absolute atomic E-state index is 1.22. The van der Waals surface area contributed by atoms with Crippen LogP contribution in [0.3, 0.4) is 0 Å². The fourth-order valence-corrected chi connectivity index (χ4v) is 2.63. The molecule has 0 amide bonds. The van der Waals surface area contributed by atoms with E-state index in [-0.39, 0.29) is 0 Å². The zero-order valence-corrected chi connectivity index (χ0v) is 12.5. The second kappa shape index (κ2) is 5.08. The van der Waals surface area contributed by atoms with E-state index in [1.54, 1.807) is 0 Å². The molecule has 0 heterocycles. The number of nitrogens with one attached hydrogen (secondary N) is 1. The topological polar surface area (TPSA) is 12.0 Å². The van der Waals surface area contributed by atoms with Gasteiger partial charge >= 0.3 is 0 Å². The van der Waals surface area contributed by atoms with Crippen molar-refractivity contribution in [3.05, 3.63) is 62.4 Å². The van der Waals surface area contributed by atoms with Crippen LogP contribution in [0.1, 0.15) is 16.7 Å². The molecule has 17 heavy (non-hydrogen) atoms. The summed E-state index contributed by atoms with van der Waals surface area (Å²) in [5.41, 5.74) is 6.35. The lowest BCUT2D eigenvalue weighted by molar-refractivity contribution is 1.31. The van der Waals surface area contributed by atoms with Crippen LogP contribution in [0.5, 0.6) is 0 Å². The average molecular weight is 337 g/mol. The summed E-state index contributed by atoms with van der Waals surface area (Å²) in [5, 5.41) is 3.42. The number of anilines is 1. The summed E-state index contributed by atoms with van der Waals surface area (Å²) in [4.78, 5) is 0. The van der Waals surface area contributed by atoms with Gasteiger partial charge in [-0.1, -0.05) is 29.8 Å². The molecule has 0 unspecified atom stereocenters. The van der Waals surface area contributed by atoms with Crippen LogP contribution in [-0.4, -0.2) is 0 Å². The van der Waals surface area contributed by atoms with Crippen molar-refractivity contribution in [3.8, 4) is 0 Å². The van der Waals surface area contributed by atoms with Gasteiger partial charge in [0, 0.05) is 21.0 Å². The van der Waals surface area contributed by atoms with Gasteiger partial charge in [-0.05, 0) is 60.6 Å². The smallest absolute Gasteiger partial charge is 0.0439 e. The second-order valence-electron chi connectivity index (χ2n) is 4.39. The van der Waals surface area contributed by atoms with Crippen molar-refractivity contribution in [2.75, 3.05) is 5.32 Å². The Balaban J connectivity index is 2.26. The molecule has 0 atom stereocenters. The van der Waals surface area contributed by atoms with E-state index in [0.29, 0.717) is 0 Å². The Labute approximate surface area is 116 Å². The highest BCUT2D eigenvalue weighted by atomic mass is 127. The van der Waals surface area contributed by atoms with E-state index in [2.05, 4.69) is 85.2 Å². The van der Waals surface area contributed by atoms with Crippen molar-refractivity contribution in [2.24, 2.45) is 0 Å². The molecule has 0 saturated heterocycles. The fourth-order valence-electron chi connectivity index (χ4n) is 2.09. The zero-order valence-electron chi connectivity index (χ0n) is 10.3. The monoisotopic (exact) mass is 337 g/mol. The van der Waals surface area contributed by atoms with Crippen molar-refractivity contribution in [3.63, 3.8) is 0 Å². The Hall–Kier alpha value is -1.03. The number of benzene rings is 1. The van der Waals surface area contributed by atoms with Gasteiger partial charge in [0.05, 0.1) is 0 Å². The van der Waals surface area contributed by atoms with E-state index in [1.165, 1.54) is 31.5 Å². The van der Waals surface area contributed by atoms with Gasteiger partial charge in [-0.25, -0.2) is 0 Å². The molecule has 0 spiro atoms.